The average Bonchev–Trinajstić information content (AvgIpc) is 3.16. The van der Waals surface area contributed by atoms with Crippen molar-refractivity contribution in [1.82, 2.24) is 15.1 Å². The Morgan fingerprint density at radius 1 is 0.974 bits per heavy atom. The Morgan fingerprint density at radius 3 is 2.24 bits per heavy atom. The lowest BCUT2D eigenvalue weighted by molar-refractivity contribution is -0.144. The summed E-state index contributed by atoms with van der Waals surface area (Å²) in [7, 11) is 0. The zero-order valence-electron chi connectivity index (χ0n) is 21.2. The number of benzene rings is 2. The van der Waals surface area contributed by atoms with Crippen molar-refractivity contribution in [3.8, 4) is 0 Å². The molecule has 0 unspecified atom stereocenters. The van der Waals surface area contributed by atoms with E-state index in [0.29, 0.717) is 41.4 Å². The molecule has 0 radical (unpaired) electrons. The number of rotatable bonds is 10. The van der Waals surface area contributed by atoms with Crippen LogP contribution in [0.15, 0.2) is 60.7 Å². The van der Waals surface area contributed by atoms with Crippen LogP contribution in [-0.2, 0) is 32.1 Å². The van der Waals surface area contributed by atoms with Gasteiger partial charge in [-0.05, 0) is 43.0 Å². The molecule has 200 valence electrons. The van der Waals surface area contributed by atoms with Crippen LogP contribution in [0, 0.1) is 11.8 Å². The van der Waals surface area contributed by atoms with Crippen LogP contribution in [0.2, 0.25) is 10.0 Å². The molecular weight excluding hydrogens is 525 g/mol. The Morgan fingerprint density at radius 2 is 1.63 bits per heavy atom. The van der Waals surface area contributed by atoms with Gasteiger partial charge in [0.05, 0.1) is 21.9 Å². The van der Waals surface area contributed by atoms with E-state index in [1.807, 2.05) is 49.4 Å². The quantitative estimate of drug-likeness (QED) is 0.347. The van der Waals surface area contributed by atoms with E-state index in [1.54, 1.807) is 18.2 Å². The first-order valence-corrected chi connectivity index (χ1v) is 13.6. The maximum Gasteiger partial charge on any atom is 0.243 e. The van der Waals surface area contributed by atoms with E-state index < -0.39 is 6.04 Å². The molecule has 1 heterocycles. The summed E-state index contributed by atoms with van der Waals surface area (Å²) in [6.45, 7) is 2.32. The number of likely N-dealkylation sites (N-methyl/N-ethyl adjacent to an activating group) is 1. The molecule has 2 aliphatic rings. The van der Waals surface area contributed by atoms with Gasteiger partial charge in [0.2, 0.25) is 23.6 Å². The molecule has 1 fully saturated rings. The van der Waals surface area contributed by atoms with Gasteiger partial charge in [-0.3, -0.25) is 24.1 Å². The van der Waals surface area contributed by atoms with E-state index in [0.717, 1.165) is 5.56 Å². The third kappa shape index (κ3) is 6.27. The van der Waals surface area contributed by atoms with Crippen molar-refractivity contribution in [3.05, 3.63) is 81.9 Å². The maximum absolute atomic E-state index is 13.7. The van der Waals surface area contributed by atoms with Crippen LogP contribution in [0.3, 0.4) is 0 Å². The summed E-state index contributed by atoms with van der Waals surface area (Å²) >= 11 is 12.3. The van der Waals surface area contributed by atoms with Crippen molar-refractivity contribution < 1.29 is 19.2 Å². The molecule has 0 bridgehead atoms. The lowest BCUT2D eigenvalue weighted by Crippen LogP contribution is -2.51. The second kappa shape index (κ2) is 12.6. The third-order valence-corrected chi connectivity index (χ3v) is 7.85. The topological polar surface area (TPSA) is 86.8 Å². The van der Waals surface area contributed by atoms with Crippen molar-refractivity contribution in [1.29, 1.82) is 0 Å². The zero-order chi connectivity index (χ0) is 27.2. The smallest absolute Gasteiger partial charge is 0.243 e. The monoisotopic (exact) mass is 555 g/mol. The summed E-state index contributed by atoms with van der Waals surface area (Å²) in [5.74, 6) is -1.77. The maximum atomic E-state index is 13.7. The van der Waals surface area contributed by atoms with Crippen molar-refractivity contribution in [2.45, 2.75) is 45.2 Å². The minimum atomic E-state index is -0.809. The second-order valence-electron chi connectivity index (χ2n) is 9.60. The number of carbonyl (C=O) groups excluding carboxylic acids is 4. The number of hydrogen-bond donors (Lipinski definition) is 1. The van der Waals surface area contributed by atoms with Gasteiger partial charge in [0.1, 0.15) is 6.04 Å². The molecule has 4 amide bonds. The predicted molar refractivity (Wildman–Crippen MR) is 146 cm³/mol. The molecular formula is C29H31Cl2N3O4. The van der Waals surface area contributed by atoms with Gasteiger partial charge in [0.25, 0.3) is 0 Å². The predicted octanol–water partition coefficient (Wildman–Crippen LogP) is 4.41. The van der Waals surface area contributed by atoms with E-state index in [9.17, 15) is 19.2 Å². The van der Waals surface area contributed by atoms with E-state index in [2.05, 4.69) is 5.32 Å². The van der Waals surface area contributed by atoms with E-state index in [-0.39, 0.29) is 55.0 Å². The fraction of sp³-hybridized carbons (Fsp3) is 0.379. The average molecular weight is 556 g/mol. The highest BCUT2D eigenvalue weighted by molar-refractivity contribution is 6.42. The number of fused-ring (bicyclic) bond motifs is 1. The fourth-order valence-corrected chi connectivity index (χ4v) is 5.44. The Labute approximate surface area is 232 Å². The summed E-state index contributed by atoms with van der Waals surface area (Å²) in [6, 6.07) is 13.7. The van der Waals surface area contributed by atoms with Gasteiger partial charge in [-0.15, -0.1) is 0 Å². The number of halogens is 2. The molecule has 1 N–H and O–H groups in total. The first-order valence-electron chi connectivity index (χ1n) is 12.8. The lowest BCUT2D eigenvalue weighted by Gasteiger charge is -2.32. The minimum absolute atomic E-state index is 0.0190. The first kappa shape index (κ1) is 27.9. The third-order valence-electron chi connectivity index (χ3n) is 7.11. The van der Waals surface area contributed by atoms with Gasteiger partial charge in [0.15, 0.2) is 0 Å². The largest absolute Gasteiger partial charge is 0.355 e. The summed E-state index contributed by atoms with van der Waals surface area (Å²) in [6.07, 6.45) is 5.16. The molecule has 38 heavy (non-hydrogen) atoms. The van der Waals surface area contributed by atoms with Crippen LogP contribution in [0.1, 0.15) is 37.3 Å². The Bertz CT molecular complexity index is 1210. The number of hydrogen-bond acceptors (Lipinski definition) is 4. The van der Waals surface area contributed by atoms with Crippen molar-refractivity contribution >= 4 is 46.8 Å². The summed E-state index contributed by atoms with van der Waals surface area (Å²) in [5.41, 5.74) is 1.61. The van der Waals surface area contributed by atoms with Gasteiger partial charge in [-0.25, -0.2) is 0 Å². The normalized spacial score (nSPS) is 19.3. The van der Waals surface area contributed by atoms with Gasteiger partial charge in [-0.2, -0.15) is 0 Å². The number of nitrogens with one attached hydrogen (secondary N) is 1. The molecule has 7 nitrogen and oxygen atoms in total. The molecule has 4 rings (SSSR count). The molecule has 3 atom stereocenters. The molecule has 2 aromatic carbocycles. The first-order chi connectivity index (χ1) is 18.3. The number of imide groups is 1. The number of nitrogens with zero attached hydrogens (tertiary/aromatic N) is 2. The van der Waals surface area contributed by atoms with Gasteiger partial charge < -0.3 is 10.2 Å². The fourth-order valence-electron chi connectivity index (χ4n) is 5.12. The number of amides is 4. The minimum Gasteiger partial charge on any atom is -0.355 e. The van der Waals surface area contributed by atoms with Crippen LogP contribution in [0.25, 0.3) is 0 Å². The van der Waals surface area contributed by atoms with E-state index in [4.69, 9.17) is 23.2 Å². The van der Waals surface area contributed by atoms with E-state index in [1.165, 1.54) is 9.80 Å². The van der Waals surface area contributed by atoms with Crippen LogP contribution in [0.4, 0.5) is 0 Å². The van der Waals surface area contributed by atoms with Crippen LogP contribution in [-0.4, -0.2) is 52.6 Å². The molecule has 0 aromatic heterocycles. The van der Waals surface area contributed by atoms with Gasteiger partial charge >= 0.3 is 0 Å². The molecule has 1 saturated heterocycles. The molecule has 0 saturated carbocycles. The second-order valence-corrected chi connectivity index (χ2v) is 10.4. The van der Waals surface area contributed by atoms with Crippen molar-refractivity contribution in [3.63, 3.8) is 0 Å². The van der Waals surface area contributed by atoms with Gasteiger partial charge in [0, 0.05) is 32.5 Å². The van der Waals surface area contributed by atoms with Crippen LogP contribution in [0.5, 0.6) is 0 Å². The van der Waals surface area contributed by atoms with Crippen LogP contribution < -0.4 is 5.32 Å². The summed E-state index contributed by atoms with van der Waals surface area (Å²) in [5, 5.41) is 3.58. The Kier molecular flexibility index (Phi) is 9.23. The standard InChI is InChI=1S/C29H31Cl2N3O4/c1-2-32-27(36)25(17-19-8-4-3-5-9-19)34(18-20-12-13-23(30)24(31)16-20)26(35)14-15-33-28(37)21-10-6-7-11-22(21)29(33)38/h3-9,12-13,16,21-22,25H,2,10-11,14-15,17-18H2,1H3,(H,32,36)/t21-,22+,25-/m1/s1. The van der Waals surface area contributed by atoms with Crippen molar-refractivity contribution in [2.75, 3.05) is 13.1 Å². The highest BCUT2D eigenvalue weighted by Crippen LogP contribution is 2.35. The Balaban J connectivity index is 1.59. The summed E-state index contributed by atoms with van der Waals surface area (Å²) < 4.78 is 0. The number of likely N-dealkylation sites (tertiary alicyclic amines) is 1. The highest BCUT2D eigenvalue weighted by Gasteiger charge is 2.47. The molecule has 9 heteroatoms. The number of carbonyl (C=O) groups is 4. The Hall–Kier alpha value is -3.16. The number of allylic oxidation sites excluding steroid dienone is 2. The van der Waals surface area contributed by atoms with Crippen LogP contribution >= 0.6 is 23.2 Å². The van der Waals surface area contributed by atoms with Crippen molar-refractivity contribution in [2.24, 2.45) is 11.8 Å². The lowest BCUT2D eigenvalue weighted by atomic mass is 9.85. The van der Waals surface area contributed by atoms with Gasteiger partial charge in [-0.1, -0.05) is 71.8 Å². The molecule has 1 aliphatic carbocycles. The SMILES string of the molecule is CCNC(=O)[C@@H](Cc1ccccc1)N(Cc1ccc(Cl)c(Cl)c1)C(=O)CCN1C(=O)[C@H]2CC=CC[C@H]2C1=O. The molecule has 1 aliphatic heterocycles. The highest BCUT2D eigenvalue weighted by atomic mass is 35.5. The zero-order valence-corrected chi connectivity index (χ0v) is 22.8. The summed E-state index contributed by atoms with van der Waals surface area (Å²) in [4.78, 5) is 55.6. The molecule has 0 spiro atoms. The molecule has 2 aromatic rings. The van der Waals surface area contributed by atoms with E-state index >= 15 is 0 Å².